The zero-order valence-corrected chi connectivity index (χ0v) is 13.8. The molecule has 23 heavy (non-hydrogen) atoms. The molecular weight excluding hydrogens is 320 g/mol. The highest BCUT2D eigenvalue weighted by atomic mass is 35.5. The van der Waals surface area contributed by atoms with Crippen LogP contribution in [-0.4, -0.2) is 22.0 Å². The molecule has 0 spiro atoms. The fourth-order valence-corrected chi connectivity index (χ4v) is 2.55. The van der Waals surface area contributed by atoms with Crippen LogP contribution in [0.25, 0.3) is 0 Å². The lowest BCUT2D eigenvalue weighted by atomic mass is 9.87. The number of nitrogens with one attached hydrogen (secondary N) is 1. The number of oxazole rings is 1. The third kappa shape index (κ3) is 3.22. The number of hydrogen-bond donors (Lipinski definition) is 2. The Morgan fingerprint density at radius 1 is 1.30 bits per heavy atom. The number of carboxylic acids is 1. The molecule has 0 fully saturated rings. The van der Waals surface area contributed by atoms with Crippen LogP contribution in [0.4, 0.5) is 0 Å². The number of aliphatic carboxylic acids is 1. The summed E-state index contributed by atoms with van der Waals surface area (Å²) in [5.41, 5.74) is -0.736. The lowest BCUT2D eigenvalue weighted by Gasteiger charge is -2.29. The van der Waals surface area contributed by atoms with Gasteiger partial charge in [-0.15, -0.1) is 0 Å². The van der Waals surface area contributed by atoms with Gasteiger partial charge in [-0.1, -0.05) is 30.7 Å². The first-order valence-corrected chi connectivity index (χ1v) is 7.44. The number of carboxylic acid groups (broad SMARTS) is 1. The van der Waals surface area contributed by atoms with Crippen LogP contribution < -0.4 is 5.32 Å². The predicted octanol–water partition coefficient (Wildman–Crippen LogP) is 3.06. The van der Waals surface area contributed by atoms with Crippen molar-refractivity contribution in [2.45, 2.75) is 32.7 Å². The van der Waals surface area contributed by atoms with Crippen LogP contribution >= 0.6 is 11.6 Å². The number of aromatic nitrogens is 1. The minimum atomic E-state index is -1.57. The number of hydrogen-bond acceptors (Lipinski definition) is 4. The van der Waals surface area contributed by atoms with Gasteiger partial charge in [0.1, 0.15) is 0 Å². The van der Waals surface area contributed by atoms with Crippen molar-refractivity contribution in [3.63, 3.8) is 0 Å². The fourth-order valence-electron chi connectivity index (χ4n) is 2.42. The summed E-state index contributed by atoms with van der Waals surface area (Å²) in [5, 5.41) is 12.8. The summed E-state index contributed by atoms with van der Waals surface area (Å²) in [6.07, 6.45) is 0.155. The summed E-state index contributed by atoms with van der Waals surface area (Å²) in [6.45, 7) is 4.93. The quantitative estimate of drug-likeness (QED) is 0.875. The second-order valence-corrected chi connectivity index (χ2v) is 5.61. The van der Waals surface area contributed by atoms with Gasteiger partial charge in [-0.05, 0) is 31.0 Å². The van der Waals surface area contributed by atoms with E-state index in [4.69, 9.17) is 16.0 Å². The van der Waals surface area contributed by atoms with Crippen LogP contribution in [0.3, 0.4) is 0 Å². The summed E-state index contributed by atoms with van der Waals surface area (Å²) in [5.74, 6) is -1.43. The van der Waals surface area contributed by atoms with Gasteiger partial charge in [-0.3, -0.25) is 4.79 Å². The minimum Gasteiger partial charge on any atom is -0.479 e. The zero-order valence-electron chi connectivity index (χ0n) is 13.0. The number of benzene rings is 1. The molecule has 1 heterocycles. The van der Waals surface area contributed by atoms with E-state index in [9.17, 15) is 14.7 Å². The first-order chi connectivity index (χ1) is 10.8. The monoisotopic (exact) mass is 336 g/mol. The molecule has 2 rings (SSSR count). The van der Waals surface area contributed by atoms with Gasteiger partial charge in [0.15, 0.2) is 11.4 Å². The van der Waals surface area contributed by atoms with Crippen molar-refractivity contribution in [3.8, 4) is 0 Å². The van der Waals surface area contributed by atoms with E-state index < -0.39 is 17.4 Å². The number of carbonyl (C=O) groups excluding carboxylic acids is 1. The van der Waals surface area contributed by atoms with Crippen LogP contribution in [0.5, 0.6) is 0 Å². The van der Waals surface area contributed by atoms with Gasteiger partial charge in [0.05, 0.1) is 5.69 Å². The number of halogens is 1. The highest BCUT2D eigenvalue weighted by molar-refractivity contribution is 6.30. The van der Waals surface area contributed by atoms with Gasteiger partial charge in [-0.25, -0.2) is 9.78 Å². The average molecular weight is 337 g/mol. The van der Waals surface area contributed by atoms with Gasteiger partial charge in [0, 0.05) is 11.9 Å². The van der Waals surface area contributed by atoms with E-state index >= 15 is 0 Å². The van der Waals surface area contributed by atoms with Crippen molar-refractivity contribution in [1.29, 1.82) is 0 Å². The Morgan fingerprint density at radius 2 is 1.91 bits per heavy atom. The standard InChI is InChI=1S/C16H17ClN2O4/c1-4-16(15(21)22,11-5-7-12(17)8-6-11)19-14(20)13-9(2)18-10(3)23-13/h5-8H,4H2,1-3H3,(H,19,20)(H,21,22). The number of rotatable bonds is 5. The topological polar surface area (TPSA) is 92.4 Å². The van der Waals surface area contributed by atoms with Gasteiger partial charge < -0.3 is 14.8 Å². The first kappa shape index (κ1) is 17.0. The van der Waals surface area contributed by atoms with Gasteiger partial charge in [-0.2, -0.15) is 0 Å². The first-order valence-electron chi connectivity index (χ1n) is 7.06. The summed E-state index contributed by atoms with van der Waals surface area (Å²) in [4.78, 5) is 28.4. The maximum Gasteiger partial charge on any atom is 0.334 e. The molecular formula is C16H17ClN2O4. The van der Waals surface area contributed by atoms with Gasteiger partial charge in [0.25, 0.3) is 5.91 Å². The Hall–Kier alpha value is -2.34. The lowest BCUT2D eigenvalue weighted by molar-refractivity contribution is -0.145. The Bertz CT molecular complexity index is 739. The summed E-state index contributed by atoms with van der Waals surface area (Å²) >= 11 is 5.85. The number of nitrogens with zero attached hydrogens (tertiary/aromatic N) is 1. The molecule has 1 aromatic heterocycles. The molecule has 0 aliphatic carbocycles. The van der Waals surface area contributed by atoms with E-state index in [-0.39, 0.29) is 12.2 Å². The maximum atomic E-state index is 12.5. The molecule has 2 N–H and O–H groups in total. The van der Waals surface area contributed by atoms with Crippen molar-refractivity contribution >= 4 is 23.5 Å². The van der Waals surface area contributed by atoms with Crippen LogP contribution in [0, 0.1) is 13.8 Å². The average Bonchev–Trinajstić information content (AvgIpc) is 2.84. The second kappa shape index (κ2) is 6.42. The summed E-state index contributed by atoms with van der Waals surface area (Å²) in [7, 11) is 0. The minimum absolute atomic E-state index is 0.00976. The molecule has 0 saturated heterocycles. The molecule has 1 unspecified atom stereocenters. The summed E-state index contributed by atoms with van der Waals surface area (Å²) in [6, 6.07) is 6.33. The number of amides is 1. The fraction of sp³-hybridized carbons (Fsp3) is 0.312. The smallest absolute Gasteiger partial charge is 0.334 e. The van der Waals surface area contributed by atoms with Crippen molar-refractivity contribution in [1.82, 2.24) is 10.3 Å². The third-order valence-corrected chi connectivity index (χ3v) is 3.92. The molecule has 1 amide bonds. The number of carbonyl (C=O) groups is 2. The number of aryl methyl sites for hydroxylation is 2. The largest absolute Gasteiger partial charge is 0.479 e. The molecule has 0 bridgehead atoms. The van der Waals surface area contributed by atoms with Crippen molar-refractivity contribution < 1.29 is 19.1 Å². The zero-order chi connectivity index (χ0) is 17.2. The second-order valence-electron chi connectivity index (χ2n) is 5.17. The molecule has 1 aromatic carbocycles. The summed E-state index contributed by atoms with van der Waals surface area (Å²) < 4.78 is 5.26. The molecule has 7 heteroatoms. The van der Waals surface area contributed by atoms with E-state index in [2.05, 4.69) is 10.3 Å². The molecule has 6 nitrogen and oxygen atoms in total. The Morgan fingerprint density at radius 3 is 2.35 bits per heavy atom. The third-order valence-electron chi connectivity index (χ3n) is 3.67. The van der Waals surface area contributed by atoms with E-state index in [1.54, 1.807) is 45.0 Å². The normalized spacial score (nSPS) is 13.4. The molecule has 122 valence electrons. The molecule has 0 radical (unpaired) electrons. The Balaban J connectivity index is 2.43. The Kier molecular flexibility index (Phi) is 4.75. The SMILES string of the molecule is CCC(NC(=O)c1oc(C)nc1C)(C(=O)O)c1ccc(Cl)cc1. The van der Waals surface area contributed by atoms with Gasteiger partial charge >= 0.3 is 5.97 Å². The lowest BCUT2D eigenvalue weighted by Crippen LogP contribution is -2.51. The molecule has 1 atom stereocenters. The van der Waals surface area contributed by atoms with Crippen molar-refractivity contribution in [2.24, 2.45) is 0 Å². The molecule has 0 saturated carbocycles. The highest BCUT2D eigenvalue weighted by Crippen LogP contribution is 2.28. The predicted molar refractivity (Wildman–Crippen MR) is 84.5 cm³/mol. The van der Waals surface area contributed by atoms with E-state index in [1.807, 2.05) is 0 Å². The van der Waals surface area contributed by atoms with E-state index in [0.29, 0.717) is 22.2 Å². The Labute approximate surface area is 138 Å². The maximum absolute atomic E-state index is 12.5. The van der Waals surface area contributed by atoms with E-state index in [0.717, 1.165) is 0 Å². The molecule has 0 aliphatic rings. The van der Waals surface area contributed by atoms with Crippen molar-refractivity contribution in [2.75, 3.05) is 0 Å². The highest BCUT2D eigenvalue weighted by Gasteiger charge is 2.41. The van der Waals surface area contributed by atoms with Crippen molar-refractivity contribution in [3.05, 3.63) is 52.2 Å². The van der Waals surface area contributed by atoms with Crippen LogP contribution in [-0.2, 0) is 10.3 Å². The van der Waals surface area contributed by atoms with E-state index in [1.165, 1.54) is 0 Å². The molecule has 2 aromatic rings. The molecule has 0 aliphatic heterocycles. The van der Waals surface area contributed by atoms with Crippen LogP contribution in [0.15, 0.2) is 28.7 Å². The van der Waals surface area contributed by atoms with Crippen LogP contribution in [0.2, 0.25) is 5.02 Å². The van der Waals surface area contributed by atoms with Gasteiger partial charge in [0.2, 0.25) is 5.76 Å². The van der Waals surface area contributed by atoms with Crippen LogP contribution in [0.1, 0.15) is 41.0 Å².